The van der Waals surface area contributed by atoms with Crippen molar-refractivity contribution in [2.45, 2.75) is 37.4 Å². The molecule has 0 radical (unpaired) electrons. The molecule has 3 heterocycles. The second kappa shape index (κ2) is 8.07. The minimum absolute atomic E-state index is 0.0527. The van der Waals surface area contributed by atoms with Gasteiger partial charge in [0.05, 0.1) is 45.7 Å². The van der Waals surface area contributed by atoms with Crippen LogP contribution in [0, 0.1) is 11.3 Å². The van der Waals surface area contributed by atoms with Crippen molar-refractivity contribution < 1.29 is 19.7 Å². The summed E-state index contributed by atoms with van der Waals surface area (Å²) in [4.78, 5) is 0. The van der Waals surface area contributed by atoms with Crippen molar-refractivity contribution in [1.82, 2.24) is 4.57 Å². The lowest BCUT2D eigenvalue weighted by molar-refractivity contribution is -0.0876. The van der Waals surface area contributed by atoms with Gasteiger partial charge in [-0.3, -0.25) is 4.57 Å². The Morgan fingerprint density at radius 2 is 1.78 bits per heavy atom. The second-order valence-electron chi connectivity index (χ2n) is 9.52. The molecule has 2 atom stereocenters. The number of benzene rings is 3. The van der Waals surface area contributed by atoms with Gasteiger partial charge in [0, 0.05) is 22.2 Å². The zero-order valence-electron chi connectivity index (χ0n) is 19.4. The summed E-state index contributed by atoms with van der Waals surface area (Å²) in [5.74, 6) is 0.401. The van der Waals surface area contributed by atoms with Gasteiger partial charge in [0.2, 0.25) is 11.8 Å². The maximum absolute atomic E-state index is 11.5. The first-order valence-corrected chi connectivity index (χ1v) is 12.4. The van der Waals surface area contributed by atoms with Gasteiger partial charge >= 0.3 is 0 Å². The van der Waals surface area contributed by atoms with Gasteiger partial charge in [-0.1, -0.05) is 47.5 Å². The highest BCUT2D eigenvalue weighted by Gasteiger charge is 2.61. The molecule has 1 aromatic heterocycles. The summed E-state index contributed by atoms with van der Waals surface area (Å²) in [5.41, 5.74) is 0.770. The standard InChI is InChI=1S/C28H22Cl2N2O4/c1-27-10-11-28(36-27,12-13-35-22-9-7-17(29)14-20(22)30)24-23(27)25(33)32(26(24)34)21-8-6-16(15-31)18-4-2-3-5-19(18)21/h2-9,14,33-34H,10-13H2,1H3/t27-,28-/m1/s1. The van der Waals surface area contributed by atoms with Crippen LogP contribution in [0.1, 0.15) is 42.9 Å². The van der Waals surface area contributed by atoms with Crippen molar-refractivity contribution in [3.05, 3.63) is 81.3 Å². The second-order valence-corrected chi connectivity index (χ2v) is 10.4. The highest BCUT2D eigenvalue weighted by Crippen LogP contribution is 2.65. The average Bonchev–Trinajstić information content (AvgIpc) is 3.44. The van der Waals surface area contributed by atoms with Crippen LogP contribution < -0.4 is 4.74 Å². The molecule has 1 fully saturated rings. The van der Waals surface area contributed by atoms with Gasteiger partial charge in [-0.05, 0) is 50.1 Å². The molecule has 1 saturated heterocycles. The van der Waals surface area contributed by atoms with Crippen LogP contribution in [0.4, 0.5) is 0 Å². The summed E-state index contributed by atoms with van der Waals surface area (Å²) < 4.78 is 13.9. The van der Waals surface area contributed by atoms with E-state index in [1.807, 2.05) is 31.2 Å². The third kappa shape index (κ3) is 3.20. The van der Waals surface area contributed by atoms with Crippen molar-refractivity contribution in [3.8, 4) is 29.3 Å². The van der Waals surface area contributed by atoms with Crippen LogP contribution in [0.5, 0.6) is 17.5 Å². The van der Waals surface area contributed by atoms with Gasteiger partial charge in [-0.15, -0.1) is 0 Å². The molecule has 0 spiro atoms. The van der Waals surface area contributed by atoms with Crippen LogP contribution in [-0.4, -0.2) is 21.4 Å². The normalized spacial score (nSPS) is 22.1. The van der Waals surface area contributed by atoms with Gasteiger partial charge in [0.15, 0.2) is 0 Å². The largest absolute Gasteiger partial charge is 0.494 e. The molecular formula is C28H22Cl2N2O4. The van der Waals surface area contributed by atoms with Crippen LogP contribution in [0.2, 0.25) is 10.0 Å². The number of hydrogen-bond donors (Lipinski definition) is 2. The van der Waals surface area contributed by atoms with Crippen LogP contribution in [0.15, 0.2) is 54.6 Å². The van der Waals surface area contributed by atoms with Crippen LogP contribution >= 0.6 is 23.2 Å². The van der Waals surface area contributed by atoms with Gasteiger partial charge in [0.25, 0.3) is 0 Å². The van der Waals surface area contributed by atoms with E-state index in [4.69, 9.17) is 32.7 Å². The molecule has 0 amide bonds. The smallest absolute Gasteiger partial charge is 0.205 e. The molecule has 6 nitrogen and oxygen atoms in total. The number of ether oxygens (including phenoxy) is 2. The SMILES string of the molecule is C[C@]12CC[C@](CCOc3ccc(Cl)cc3Cl)(O1)c1c2c(O)n(-c2ccc(C#N)c3ccccc23)c1O. The summed E-state index contributed by atoms with van der Waals surface area (Å²) in [5, 5.41) is 35.0. The van der Waals surface area contributed by atoms with E-state index < -0.39 is 11.2 Å². The Labute approximate surface area is 217 Å². The molecule has 6 rings (SSSR count). The predicted molar refractivity (Wildman–Crippen MR) is 137 cm³/mol. The van der Waals surface area contributed by atoms with E-state index in [9.17, 15) is 15.5 Å². The van der Waals surface area contributed by atoms with E-state index in [1.165, 1.54) is 4.57 Å². The Balaban J connectivity index is 1.42. The van der Waals surface area contributed by atoms with E-state index in [2.05, 4.69) is 6.07 Å². The Hall–Kier alpha value is -3.37. The predicted octanol–water partition coefficient (Wildman–Crippen LogP) is 6.92. The molecule has 36 heavy (non-hydrogen) atoms. The Bertz CT molecular complexity index is 1590. The first-order valence-electron chi connectivity index (χ1n) is 11.7. The Kier molecular flexibility index (Phi) is 5.17. The molecule has 182 valence electrons. The van der Waals surface area contributed by atoms with Crippen LogP contribution in [0.25, 0.3) is 16.5 Å². The van der Waals surface area contributed by atoms with E-state index in [0.29, 0.717) is 64.0 Å². The number of rotatable bonds is 5. The number of aromatic hydroxyl groups is 2. The zero-order chi connectivity index (χ0) is 25.2. The first-order chi connectivity index (χ1) is 17.3. The highest BCUT2D eigenvalue weighted by molar-refractivity contribution is 6.35. The average molecular weight is 521 g/mol. The van der Waals surface area contributed by atoms with Gasteiger partial charge in [-0.25, -0.2) is 0 Å². The van der Waals surface area contributed by atoms with Gasteiger partial charge in [-0.2, -0.15) is 5.26 Å². The molecule has 0 unspecified atom stereocenters. The molecule has 2 N–H and O–H groups in total. The molecule has 3 aromatic carbocycles. The number of aromatic nitrogens is 1. The van der Waals surface area contributed by atoms with Crippen LogP contribution in [0.3, 0.4) is 0 Å². The van der Waals surface area contributed by atoms with E-state index in [1.54, 1.807) is 30.3 Å². The molecule has 2 bridgehead atoms. The molecule has 2 aliphatic rings. The van der Waals surface area contributed by atoms with E-state index >= 15 is 0 Å². The lowest BCUT2D eigenvalue weighted by atomic mass is 9.78. The fourth-order valence-corrected chi connectivity index (χ4v) is 6.29. The Morgan fingerprint density at radius 1 is 1.03 bits per heavy atom. The minimum atomic E-state index is -0.807. The van der Waals surface area contributed by atoms with Crippen LogP contribution in [-0.2, 0) is 15.9 Å². The summed E-state index contributed by atoms with van der Waals surface area (Å²) >= 11 is 12.2. The molecule has 0 aliphatic carbocycles. The number of hydrogen-bond acceptors (Lipinski definition) is 5. The lowest BCUT2D eigenvalue weighted by Crippen LogP contribution is -2.25. The van der Waals surface area contributed by atoms with E-state index in [-0.39, 0.29) is 11.8 Å². The molecular weight excluding hydrogens is 499 g/mol. The quantitative estimate of drug-likeness (QED) is 0.298. The number of fused-ring (bicyclic) bond motifs is 6. The fourth-order valence-electron chi connectivity index (χ4n) is 5.83. The molecule has 8 heteroatoms. The molecule has 0 saturated carbocycles. The maximum Gasteiger partial charge on any atom is 0.205 e. The maximum atomic E-state index is 11.5. The minimum Gasteiger partial charge on any atom is -0.494 e. The number of nitrogens with zero attached hydrogens (tertiary/aromatic N) is 2. The highest BCUT2D eigenvalue weighted by atomic mass is 35.5. The first kappa shape index (κ1) is 23.1. The third-order valence-corrected chi connectivity index (χ3v) is 7.98. The van der Waals surface area contributed by atoms with Crippen molar-refractivity contribution >= 4 is 34.0 Å². The topological polar surface area (TPSA) is 87.6 Å². The summed E-state index contributed by atoms with van der Waals surface area (Å²) in [7, 11) is 0. The molecule has 4 aromatic rings. The van der Waals surface area contributed by atoms with Gasteiger partial charge in [0.1, 0.15) is 11.4 Å². The Morgan fingerprint density at radius 3 is 2.53 bits per heavy atom. The number of nitriles is 1. The number of halogens is 2. The molecule has 2 aliphatic heterocycles. The van der Waals surface area contributed by atoms with Crippen molar-refractivity contribution in [2.75, 3.05) is 6.61 Å². The lowest BCUT2D eigenvalue weighted by Gasteiger charge is -2.26. The summed E-state index contributed by atoms with van der Waals surface area (Å²) in [6, 6.07) is 18.2. The zero-order valence-corrected chi connectivity index (χ0v) is 20.9. The summed E-state index contributed by atoms with van der Waals surface area (Å²) in [6.45, 7) is 2.24. The van der Waals surface area contributed by atoms with Crippen molar-refractivity contribution in [1.29, 1.82) is 5.26 Å². The third-order valence-electron chi connectivity index (χ3n) is 7.45. The fraction of sp³-hybridized carbons (Fsp3) is 0.250. The van der Waals surface area contributed by atoms with E-state index in [0.717, 1.165) is 10.8 Å². The monoisotopic (exact) mass is 520 g/mol. The van der Waals surface area contributed by atoms with Crippen molar-refractivity contribution in [3.63, 3.8) is 0 Å². The van der Waals surface area contributed by atoms with Gasteiger partial charge < -0.3 is 19.7 Å². The summed E-state index contributed by atoms with van der Waals surface area (Å²) in [6.07, 6.45) is 1.84. The van der Waals surface area contributed by atoms with Crippen molar-refractivity contribution in [2.24, 2.45) is 0 Å².